The van der Waals surface area contributed by atoms with Crippen LogP contribution in [-0.4, -0.2) is 5.75 Å². The monoisotopic (exact) mass is 111 g/mol. The minimum atomic E-state index is 0.854. The van der Waals surface area contributed by atoms with Gasteiger partial charge in [-0.05, 0) is 37.4 Å². The number of hydrogen-bond donors (Lipinski definition) is 1. The second-order valence-electron chi connectivity index (χ2n) is 1.45. The van der Waals surface area contributed by atoms with Gasteiger partial charge in [-0.2, -0.15) is 12.6 Å². The fraction of sp³-hybridized carbons (Fsp3) is 0.167. The van der Waals surface area contributed by atoms with Gasteiger partial charge >= 0.3 is 0 Å². The molecule has 1 saturated carbocycles. The van der Waals surface area contributed by atoms with E-state index in [1.807, 2.05) is 12.8 Å². The summed E-state index contributed by atoms with van der Waals surface area (Å²) < 4.78 is 0. The fourth-order valence-corrected chi connectivity index (χ4v) is 0.730. The molecule has 0 atom stereocenters. The van der Waals surface area contributed by atoms with Crippen molar-refractivity contribution in [2.45, 2.75) is 0 Å². The Labute approximate surface area is 50.7 Å². The van der Waals surface area contributed by atoms with Gasteiger partial charge in [-0.25, -0.2) is 0 Å². The molecule has 1 rings (SSSR count). The van der Waals surface area contributed by atoms with Crippen molar-refractivity contribution < 1.29 is 0 Å². The summed E-state index contributed by atoms with van der Waals surface area (Å²) in [5.41, 5.74) is 0. The first-order valence-electron chi connectivity index (χ1n) is 2.25. The van der Waals surface area contributed by atoms with Gasteiger partial charge in [0.15, 0.2) is 0 Å². The minimum absolute atomic E-state index is 0.854. The molecule has 0 nitrogen and oxygen atoms in total. The second-order valence-corrected chi connectivity index (χ2v) is 1.77. The van der Waals surface area contributed by atoms with Crippen LogP contribution in [-0.2, 0) is 0 Å². The van der Waals surface area contributed by atoms with E-state index in [0.29, 0.717) is 0 Å². The highest BCUT2D eigenvalue weighted by atomic mass is 32.1. The second kappa shape index (κ2) is 2.61. The summed E-state index contributed by atoms with van der Waals surface area (Å²) in [5.74, 6) is 2.15. The molecule has 0 bridgehead atoms. The van der Waals surface area contributed by atoms with Gasteiger partial charge in [-0.1, -0.05) is 0 Å². The zero-order chi connectivity index (χ0) is 5.11. The van der Waals surface area contributed by atoms with Crippen LogP contribution >= 0.6 is 12.6 Å². The van der Waals surface area contributed by atoms with Crippen LogP contribution in [0, 0.1) is 31.6 Å². The van der Waals surface area contributed by atoms with Crippen LogP contribution in [0.1, 0.15) is 0 Å². The van der Waals surface area contributed by atoms with Gasteiger partial charge in [-0.15, -0.1) is 0 Å². The molecule has 1 aliphatic carbocycles. The third-order valence-electron chi connectivity index (χ3n) is 0.914. The van der Waals surface area contributed by atoms with Crippen LogP contribution in [0.15, 0.2) is 0 Å². The van der Waals surface area contributed by atoms with Crippen LogP contribution in [0.2, 0.25) is 0 Å². The smallest absolute Gasteiger partial charge is 0.00296 e. The van der Waals surface area contributed by atoms with Crippen LogP contribution in [0.4, 0.5) is 0 Å². The predicted octanol–water partition coefficient (Wildman–Crippen LogP) is 1.32. The molecule has 5 radical (unpaired) electrons. The zero-order valence-corrected chi connectivity index (χ0v) is 4.86. The summed E-state index contributed by atoms with van der Waals surface area (Å²) in [6.45, 7) is 0. The highest BCUT2D eigenvalue weighted by Crippen LogP contribution is 2.23. The predicted molar refractivity (Wildman–Crippen MR) is 34.3 cm³/mol. The molecule has 0 N–H and O–H groups in total. The number of hydrogen-bond acceptors (Lipinski definition) is 1. The van der Waals surface area contributed by atoms with Crippen LogP contribution in [0.3, 0.4) is 0 Å². The van der Waals surface area contributed by atoms with E-state index >= 15 is 0 Å². The van der Waals surface area contributed by atoms with Gasteiger partial charge in [-0.3, -0.25) is 0 Å². The Morgan fingerprint density at radius 1 is 1.29 bits per heavy atom. The lowest BCUT2D eigenvalue weighted by atomic mass is 10.1. The van der Waals surface area contributed by atoms with Crippen molar-refractivity contribution >= 4 is 12.6 Å². The molecular formula is C6H7S. The summed E-state index contributed by atoms with van der Waals surface area (Å²) in [5, 5.41) is 0. The Balaban J connectivity index is 2.14. The Morgan fingerprint density at radius 2 is 1.86 bits per heavy atom. The maximum atomic E-state index is 4.08. The summed E-state index contributed by atoms with van der Waals surface area (Å²) >= 11 is 4.08. The van der Waals surface area contributed by atoms with Gasteiger partial charge in [0.2, 0.25) is 0 Å². The molecule has 0 aliphatic heterocycles. The van der Waals surface area contributed by atoms with Crippen LogP contribution in [0.5, 0.6) is 0 Å². The third-order valence-corrected chi connectivity index (χ3v) is 1.28. The molecule has 0 amide bonds. The average molecular weight is 111 g/mol. The molecule has 0 heterocycles. The third kappa shape index (κ3) is 1.37. The highest BCUT2D eigenvalue weighted by molar-refractivity contribution is 7.80. The van der Waals surface area contributed by atoms with E-state index in [1.54, 1.807) is 0 Å². The normalized spacial score (nSPS) is 23.6. The molecule has 0 aromatic carbocycles. The number of thiol groups is 1. The van der Waals surface area contributed by atoms with Gasteiger partial charge in [0.1, 0.15) is 0 Å². The molecule has 0 aromatic rings. The van der Waals surface area contributed by atoms with Crippen LogP contribution < -0.4 is 0 Å². The van der Waals surface area contributed by atoms with Gasteiger partial charge < -0.3 is 0 Å². The van der Waals surface area contributed by atoms with Crippen molar-refractivity contribution in [1.29, 1.82) is 0 Å². The van der Waals surface area contributed by atoms with Gasteiger partial charge in [0, 0.05) is 0 Å². The van der Waals surface area contributed by atoms with E-state index < -0.39 is 0 Å². The lowest BCUT2D eigenvalue weighted by Crippen LogP contribution is -1.90. The van der Waals surface area contributed by atoms with E-state index in [9.17, 15) is 0 Å². The minimum Gasteiger partial charge on any atom is -0.179 e. The first-order valence-corrected chi connectivity index (χ1v) is 2.88. The molecule has 1 aliphatic rings. The summed E-state index contributed by atoms with van der Waals surface area (Å²) in [7, 11) is 0. The number of rotatable bonds is 1. The topological polar surface area (TPSA) is 0 Å². The van der Waals surface area contributed by atoms with Crippen molar-refractivity contribution in [1.82, 2.24) is 0 Å². The molecule has 7 heavy (non-hydrogen) atoms. The van der Waals surface area contributed by atoms with Crippen LogP contribution in [0.25, 0.3) is 0 Å². The van der Waals surface area contributed by atoms with E-state index in [1.165, 1.54) is 5.92 Å². The maximum Gasteiger partial charge on any atom is -0.00296 e. The van der Waals surface area contributed by atoms with Crippen molar-refractivity contribution in [2.75, 3.05) is 5.75 Å². The quantitative estimate of drug-likeness (QED) is 0.485. The average Bonchev–Trinajstić information content (AvgIpc) is 2.14. The lowest BCUT2D eigenvalue weighted by molar-refractivity contribution is 1.27. The standard InChI is InChI=1S/C6H7S/c7-5-6-3-1-2-4-6/h1-4,7H,5H2. The Kier molecular flexibility index (Phi) is 2.04. The van der Waals surface area contributed by atoms with Crippen molar-refractivity contribution in [3.05, 3.63) is 31.6 Å². The van der Waals surface area contributed by atoms with Gasteiger partial charge in [0.05, 0.1) is 0 Å². The summed E-state index contributed by atoms with van der Waals surface area (Å²) in [4.78, 5) is 0. The Hall–Kier alpha value is 0.350. The maximum absolute atomic E-state index is 4.08. The van der Waals surface area contributed by atoms with E-state index in [4.69, 9.17) is 0 Å². The first kappa shape index (κ1) is 5.49. The first-order chi connectivity index (χ1) is 3.43. The molecule has 0 spiro atoms. The lowest BCUT2D eigenvalue weighted by Gasteiger charge is -1.97. The Bertz CT molecular complexity index is 46.1. The largest absolute Gasteiger partial charge is 0.179 e. The molecule has 1 heteroatoms. The summed E-state index contributed by atoms with van der Waals surface area (Å²) in [6.07, 6.45) is 8.16. The zero-order valence-electron chi connectivity index (χ0n) is 3.96. The van der Waals surface area contributed by atoms with Crippen molar-refractivity contribution in [3.8, 4) is 0 Å². The molecular weight excluding hydrogens is 104 g/mol. The SMILES string of the molecule is SC[C]1[CH][CH][CH][CH]1. The van der Waals surface area contributed by atoms with E-state index in [-0.39, 0.29) is 0 Å². The van der Waals surface area contributed by atoms with Gasteiger partial charge in [0.25, 0.3) is 0 Å². The molecule has 0 aromatic heterocycles. The molecule has 0 saturated heterocycles. The van der Waals surface area contributed by atoms with Crippen molar-refractivity contribution in [2.24, 2.45) is 0 Å². The van der Waals surface area contributed by atoms with E-state index in [0.717, 1.165) is 5.75 Å². The molecule has 37 valence electrons. The fourth-order valence-electron chi connectivity index (χ4n) is 0.519. The van der Waals surface area contributed by atoms with Crippen molar-refractivity contribution in [3.63, 3.8) is 0 Å². The molecule has 1 fully saturated rings. The summed E-state index contributed by atoms with van der Waals surface area (Å²) in [6, 6.07) is 0. The molecule has 0 unspecified atom stereocenters. The van der Waals surface area contributed by atoms with E-state index in [2.05, 4.69) is 25.5 Å². The Morgan fingerprint density at radius 3 is 2.14 bits per heavy atom. The highest BCUT2D eigenvalue weighted by Gasteiger charge is 2.13.